The fraction of sp³-hybridized carbons (Fsp3) is 0.208. The molecule has 0 heterocycles. The van der Waals surface area contributed by atoms with Gasteiger partial charge >= 0.3 is 6.09 Å². The van der Waals surface area contributed by atoms with Crippen LogP contribution in [0.4, 0.5) is 4.79 Å². The van der Waals surface area contributed by atoms with E-state index in [1.54, 1.807) is 18.2 Å². The van der Waals surface area contributed by atoms with E-state index in [9.17, 15) is 9.90 Å². The molecule has 6 nitrogen and oxygen atoms in total. The Morgan fingerprint density at radius 3 is 2.17 bits per heavy atom. The summed E-state index contributed by atoms with van der Waals surface area (Å²) in [5.41, 5.74) is 2.56. The second-order valence-electron chi connectivity index (χ2n) is 6.62. The highest BCUT2D eigenvalue weighted by molar-refractivity contribution is 5.68. The molecule has 1 amide bonds. The van der Waals surface area contributed by atoms with Gasteiger partial charge in [-0.3, -0.25) is 0 Å². The van der Waals surface area contributed by atoms with Gasteiger partial charge in [-0.2, -0.15) is 0 Å². The highest BCUT2D eigenvalue weighted by Gasteiger charge is 2.19. The third-order valence-electron chi connectivity index (χ3n) is 4.52. The molecule has 3 rings (SSSR count). The lowest BCUT2D eigenvalue weighted by atomic mass is 10.1. The first-order valence-corrected chi connectivity index (χ1v) is 9.62. The molecule has 6 heteroatoms. The van der Waals surface area contributed by atoms with Crippen molar-refractivity contribution in [3.8, 4) is 11.5 Å². The van der Waals surface area contributed by atoms with Crippen molar-refractivity contribution in [2.24, 2.45) is 0 Å². The standard InChI is InChI=1S/C24H25NO5/c1-28-23-14-20(29-16-18-8-4-2-5-9-18)12-13-21(23)22(15-26)25-24(27)30-17-19-10-6-3-7-11-19/h2-14,22,26H,15-17H2,1H3,(H,25,27). The fourth-order valence-corrected chi connectivity index (χ4v) is 2.94. The lowest BCUT2D eigenvalue weighted by Gasteiger charge is -2.20. The van der Waals surface area contributed by atoms with Crippen LogP contribution in [-0.2, 0) is 18.0 Å². The number of nitrogens with one attached hydrogen (secondary N) is 1. The summed E-state index contributed by atoms with van der Waals surface area (Å²) >= 11 is 0. The van der Waals surface area contributed by atoms with E-state index >= 15 is 0 Å². The van der Waals surface area contributed by atoms with E-state index in [-0.39, 0.29) is 13.2 Å². The summed E-state index contributed by atoms with van der Waals surface area (Å²) in [6.45, 7) is 0.270. The van der Waals surface area contributed by atoms with Crippen LogP contribution in [-0.4, -0.2) is 24.9 Å². The maximum absolute atomic E-state index is 12.2. The van der Waals surface area contributed by atoms with E-state index in [1.807, 2.05) is 60.7 Å². The second-order valence-corrected chi connectivity index (χ2v) is 6.62. The van der Waals surface area contributed by atoms with Crippen LogP contribution in [0.1, 0.15) is 22.7 Å². The molecule has 0 saturated heterocycles. The van der Waals surface area contributed by atoms with E-state index in [1.165, 1.54) is 7.11 Å². The van der Waals surface area contributed by atoms with Gasteiger partial charge in [-0.05, 0) is 23.3 Å². The molecule has 0 fully saturated rings. The third-order valence-corrected chi connectivity index (χ3v) is 4.52. The summed E-state index contributed by atoms with van der Waals surface area (Å²) in [6.07, 6.45) is -0.621. The number of carbonyl (C=O) groups is 1. The van der Waals surface area contributed by atoms with Crippen molar-refractivity contribution in [3.63, 3.8) is 0 Å². The highest BCUT2D eigenvalue weighted by Crippen LogP contribution is 2.30. The van der Waals surface area contributed by atoms with Crippen molar-refractivity contribution in [1.29, 1.82) is 0 Å². The molecule has 30 heavy (non-hydrogen) atoms. The van der Waals surface area contributed by atoms with Crippen LogP contribution < -0.4 is 14.8 Å². The van der Waals surface area contributed by atoms with Crippen LogP contribution in [0, 0.1) is 0 Å². The Labute approximate surface area is 176 Å². The van der Waals surface area contributed by atoms with Crippen LogP contribution in [0.2, 0.25) is 0 Å². The van der Waals surface area contributed by atoms with Crippen LogP contribution in [0.3, 0.4) is 0 Å². The zero-order valence-electron chi connectivity index (χ0n) is 16.8. The average Bonchev–Trinajstić information content (AvgIpc) is 2.81. The van der Waals surface area contributed by atoms with Crippen molar-refractivity contribution in [3.05, 3.63) is 95.6 Å². The van der Waals surface area contributed by atoms with Crippen molar-refractivity contribution in [1.82, 2.24) is 5.32 Å². The van der Waals surface area contributed by atoms with Gasteiger partial charge in [0, 0.05) is 11.6 Å². The van der Waals surface area contributed by atoms with Gasteiger partial charge in [-0.15, -0.1) is 0 Å². The van der Waals surface area contributed by atoms with Gasteiger partial charge in [0.25, 0.3) is 0 Å². The summed E-state index contributed by atoms with van der Waals surface area (Å²) in [5.74, 6) is 1.13. The zero-order chi connectivity index (χ0) is 21.2. The van der Waals surface area contributed by atoms with Crippen molar-refractivity contribution in [2.45, 2.75) is 19.3 Å². The molecular weight excluding hydrogens is 382 g/mol. The number of methoxy groups -OCH3 is 1. The van der Waals surface area contributed by atoms with E-state index < -0.39 is 12.1 Å². The Morgan fingerprint density at radius 1 is 0.933 bits per heavy atom. The summed E-state index contributed by atoms with van der Waals surface area (Å²) in [4.78, 5) is 12.2. The topological polar surface area (TPSA) is 77.0 Å². The molecule has 3 aromatic carbocycles. The Hall–Kier alpha value is -3.51. The molecule has 0 aromatic heterocycles. The number of rotatable bonds is 9. The number of carbonyl (C=O) groups excluding carboxylic acids is 1. The largest absolute Gasteiger partial charge is 0.496 e. The average molecular weight is 407 g/mol. The number of ether oxygens (including phenoxy) is 3. The molecule has 156 valence electrons. The number of aliphatic hydroxyl groups excluding tert-OH is 1. The molecule has 3 aromatic rings. The Bertz CT molecular complexity index is 931. The second kappa shape index (κ2) is 10.9. The number of amides is 1. The Balaban J connectivity index is 1.62. The maximum Gasteiger partial charge on any atom is 0.408 e. The monoisotopic (exact) mass is 407 g/mol. The first-order valence-electron chi connectivity index (χ1n) is 9.62. The van der Waals surface area contributed by atoms with Crippen LogP contribution in [0.5, 0.6) is 11.5 Å². The van der Waals surface area contributed by atoms with Crippen LogP contribution >= 0.6 is 0 Å². The summed E-state index contributed by atoms with van der Waals surface area (Å²) in [5, 5.41) is 12.5. The SMILES string of the molecule is COc1cc(OCc2ccccc2)ccc1C(CO)NC(=O)OCc1ccccc1. The van der Waals surface area contributed by atoms with Gasteiger partial charge in [-0.1, -0.05) is 60.7 Å². The van der Waals surface area contributed by atoms with Gasteiger partial charge < -0.3 is 24.6 Å². The molecular formula is C24H25NO5. The molecule has 1 unspecified atom stereocenters. The summed E-state index contributed by atoms with van der Waals surface area (Å²) < 4.78 is 16.5. The molecule has 0 radical (unpaired) electrons. The number of hydrogen-bond acceptors (Lipinski definition) is 5. The number of benzene rings is 3. The minimum atomic E-state index is -0.675. The molecule has 0 saturated carbocycles. The lowest BCUT2D eigenvalue weighted by molar-refractivity contribution is 0.129. The lowest BCUT2D eigenvalue weighted by Crippen LogP contribution is -2.31. The van der Waals surface area contributed by atoms with E-state index in [2.05, 4.69) is 5.32 Å². The maximum atomic E-state index is 12.2. The minimum absolute atomic E-state index is 0.147. The third kappa shape index (κ3) is 5.99. The van der Waals surface area contributed by atoms with E-state index in [0.717, 1.165) is 11.1 Å². The number of alkyl carbamates (subject to hydrolysis) is 1. The molecule has 0 aliphatic carbocycles. The normalized spacial score (nSPS) is 11.4. The van der Waals surface area contributed by atoms with Gasteiger partial charge in [0.1, 0.15) is 24.7 Å². The van der Waals surface area contributed by atoms with Gasteiger partial charge in [-0.25, -0.2) is 4.79 Å². The first-order chi connectivity index (χ1) is 14.7. The van der Waals surface area contributed by atoms with Gasteiger partial charge in [0.05, 0.1) is 19.8 Å². The predicted molar refractivity (Wildman–Crippen MR) is 113 cm³/mol. The van der Waals surface area contributed by atoms with Crippen LogP contribution in [0.25, 0.3) is 0 Å². The molecule has 1 atom stereocenters. The minimum Gasteiger partial charge on any atom is -0.496 e. The molecule has 0 aliphatic rings. The molecule has 2 N–H and O–H groups in total. The summed E-state index contributed by atoms with van der Waals surface area (Å²) in [6, 6.07) is 23.8. The van der Waals surface area contributed by atoms with Crippen LogP contribution in [0.15, 0.2) is 78.9 Å². The van der Waals surface area contributed by atoms with Crippen molar-refractivity contribution < 1.29 is 24.1 Å². The first kappa shape index (κ1) is 21.2. The zero-order valence-corrected chi connectivity index (χ0v) is 16.8. The van der Waals surface area contributed by atoms with Gasteiger partial charge in [0.15, 0.2) is 0 Å². The van der Waals surface area contributed by atoms with Crippen molar-refractivity contribution >= 4 is 6.09 Å². The molecule has 0 spiro atoms. The highest BCUT2D eigenvalue weighted by atomic mass is 16.5. The number of hydrogen-bond donors (Lipinski definition) is 2. The van der Waals surface area contributed by atoms with Gasteiger partial charge in [0.2, 0.25) is 0 Å². The quantitative estimate of drug-likeness (QED) is 0.555. The summed E-state index contributed by atoms with van der Waals surface area (Å²) in [7, 11) is 1.53. The predicted octanol–water partition coefficient (Wildman–Crippen LogP) is 4.23. The Kier molecular flexibility index (Phi) is 7.69. The Morgan fingerprint density at radius 2 is 1.57 bits per heavy atom. The van der Waals surface area contributed by atoms with E-state index in [0.29, 0.717) is 23.7 Å². The number of aliphatic hydroxyl groups is 1. The van der Waals surface area contributed by atoms with E-state index in [4.69, 9.17) is 14.2 Å². The van der Waals surface area contributed by atoms with Crippen molar-refractivity contribution in [2.75, 3.05) is 13.7 Å². The molecule has 0 aliphatic heterocycles. The fourth-order valence-electron chi connectivity index (χ4n) is 2.94. The molecule has 0 bridgehead atoms. The smallest absolute Gasteiger partial charge is 0.408 e.